The Labute approximate surface area is 83.5 Å². The molecule has 0 saturated heterocycles. The molecule has 0 spiro atoms. The molecule has 1 aliphatic rings. The summed E-state index contributed by atoms with van der Waals surface area (Å²) >= 11 is 0. The molecule has 0 aliphatic heterocycles. The molecule has 0 aromatic heterocycles. The summed E-state index contributed by atoms with van der Waals surface area (Å²) in [6.45, 7) is 0.491. The number of hydrogen-bond donors (Lipinski definition) is 4. The van der Waals surface area contributed by atoms with Gasteiger partial charge in [-0.25, -0.2) is 0 Å². The lowest BCUT2D eigenvalue weighted by Crippen LogP contribution is -2.35. The van der Waals surface area contributed by atoms with Crippen molar-refractivity contribution in [2.24, 2.45) is 0 Å². The molecule has 0 bridgehead atoms. The topological polar surface area (TPSA) is 81.6 Å². The standard InChI is InChI=1S/C9H18N2O3/c12-6-8(13)5-11-9(14)3-4-10-7-1-2-7/h7-8,10,12-13H,1-6H2,(H,11,14). The van der Waals surface area contributed by atoms with E-state index >= 15 is 0 Å². The summed E-state index contributed by atoms with van der Waals surface area (Å²) in [6.07, 6.45) is 2.00. The van der Waals surface area contributed by atoms with Crippen LogP contribution in [0.3, 0.4) is 0 Å². The Hall–Kier alpha value is -0.650. The Balaban J connectivity index is 1.92. The summed E-state index contributed by atoms with van der Waals surface area (Å²) in [4.78, 5) is 11.1. The smallest absolute Gasteiger partial charge is 0.221 e. The Kier molecular flexibility index (Phi) is 4.86. The van der Waals surface area contributed by atoms with Gasteiger partial charge in [-0.05, 0) is 12.8 Å². The van der Waals surface area contributed by atoms with Crippen LogP contribution in [0.2, 0.25) is 0 Å². The van der Waals surface area contributed by atoms with Gasteiger partial charge in [0, 0.05) is 25.6 Å². The van der Waals surface area contributed by atoms with Gasteiger partial charge in [-0.1, -0.05) is 0 Å². The van der Waals surface area contributed by atoms with E-state index in [0.717, 1.165) is 0 Å². The zero-order valence-electron chi connectivity index (χ0n) is 8.20. The average molecular weight is 202 g/mol. The molecular formula is C9H18N2O3. The molecule has 1 atom stereocenters. The lowest BCUT2D eigenvalue weighted by molar-refractivity contribution is -0.121. The van der Waals surface area contributed by atoms with Gasteiger partial charge in [0.05, 0.1) is 12.7 Å². The van der Waals surface area contributed by atoms with Crippen molar-refractivity contribution in [3.05, 3.63) is 0 Å². The van der Waals surface area contributed by atoms with E-state index in [1.54, 1.807) is 0 Å². The van der Waals surface area contributed by atoms with Crippen molar-refractivity contribution < 1.29 is 15.0 Å². The number of carbonyl (C=O) groups excluding carboxylic acids is 1. The van der Waals surface area contributed by atoms with Crippen LogP contribution in [0.1, 0.15) is 19.3 Å². The third-order valence-corrected chi connectivity index (χ3v) is 2.11. The maximum absolute atomic E-state index is 11.1. The van der Waals surface area contributed by atoms with Crippen LogP contribution in [0.5, 0.6) is 0 Å². The molecule has 4 N–H and O–H groups in total. The monoisotopic (exact) mass is 202 g/mol. The molecule has 0 aromatic rings. The van der Waals surface area contributed by atoms with E-state index in [1.807, 2.05) is 0 Å². The summed E-state index contributed by atoms with van der Waals surface area (Å²) in [5, 5.41) is 23.2. The van der Waals surface area contributed by atoms with Crippen molar-refractivity contribution in [1.29, 1.82) is 0 Å². The molecule has 82 valence electrons. The van der Waals surface area contributed by atoms with Crippen molar-refractivity contribution >= 4 is 5.91 Å². The van der Waals surface area contributed by atoms with E-state index in [9.17, 15) is 4.79 Å². The Bertz CT molecular complexity index is 183. The molecule has 1 unspecified atom stereocenters. The highest BCUT2D eigenvalue weighted by Crippen LogP contribution is 2.18. The summed E-state index contributed by atoms with van der Waals surface area (Å²) < 4.78 is 0. The normalized spacial score (nSPS) is 17.9. The molecule has 1 amide bonds. The number of nitrogens with one attached hydrogen (secondary N) is 2. The number of aliphatic hydroxyl groups is 2. The summed E-state index contributed by atoms with van der Waals surface area (Å²) in [5.74, 6) is -0.0920. The van der Waals surface area contributed by atoms with Crippen LogP contribution in [0.4, 0.5) is 0 Å². The summed E-state index contributed by atoms with van der Waals surface area (Å²) in [7, 11) is 0. The number of hydrogen-bond acceptors (Lipinski definition) is 4. The van der Waals surface area contributed by atoms with E-state index in [4.69, 9.17) is 10.2 Å². The van der Waals surface area contributed by atoms with E-state index in [2.05, 4.69) is 10.6 Å². The van der Waals surface area contributed by atoms with Crippen LogP contribution in [0.15, 0.2) is 0 Å². The highest BCUT2D eigenvalue weighted by molar-refractivity contribution is 5.76. The van der Waals surface area contributed by atoms with Gasteiger partial charge in [0.1, 0.15) is 0 Å². The van der Waals surface area contributed by atoms with Crippen LogP contribution < -0.4 is 10.6 Å². The minimum atomic E-state index is -0.852. The highest BCUT2D eigenvalue weighted by atomic mass is 16.3. The van der Waals surface area contributed by atoms with Crippen LogP contribution in [-0.2, 0) is 4.79 Å². The fourth-order valence-corrected chi connectivity index (χ4v) is 1.06. The van der Waals surface area contributed by atoms with Crippen LogP contribution >= 0.6 is 0 Å². The van der Waals surface area contributed by atoms with Gasteiger partial charge < -0.3 is 20.8 Å². The van der Waals surface area contributed by atoms with Crippen molar-refractivity contribution in [3.8, 4) is 0 Å². The molecule has 5 heteroatoms. The molecule has 0 aromatic carbocycles. The molecule has 14 heavy (non-hydrogen) atoms. The first-order chi connectivity index (χ1) is 6.72. The number of amides is 1. The third kappa shape index (κ3) is 5.16. The van der Waals surface area contributed by atoms with Crippen molar-refractivity contribution in [1.82, 2.24) is 10.6 Å². The van der Waals surface area contributed by atoms with E-state index in [0.29, 0.717) is 19.0 Å². The average Bonchev–Trinajstić information content (AvgIpc) is 2.98. The number of rotatable bonds is 7. The number of carbonyl (C=O) groups is 1. The Morgan fingerprint density at radius 2 is 2.21 bits per heavy atom. The molecule has 1 saturated carbocycles. The molecule has 1 rings (SSSR count). The first-order valence-corrected chi connectivity index (χ1v) is 5.01. The second kappa shape index (κ2) is 5.95. The zero-order valence-corrected chi connectivity index (χ0v) is 8.20. The van der Waals surface area contributed by atoms with Gasteiger partial charge in [0.15, 0.2) is 0 Å². The third-order valence-electron chi connectivity index (χ3n) is 2.11. The van der Waals surface area contributed by atoms with Crippen molar-refractivity contribution in [2.45, 2.75) is 31.4 Å². The first kappa shape index (κ1) is 11.4. The molecule has 0 radical (unpaired) electrons. The molecule has 1 fully saturated rings. The van der Waals surface area contributed by atoms with E-state index in [-0.39, 0.29) is 19.1 Å². The summed E-state index contributed by atoms with van der Waals surface area (Å²) in [6, 6.07) is 0.617. The van der Waals surface area contributed by atoms with Crippen LogP contribution in [0, 0.1) is 0 Å². The van der Waals surface area contributed by atoms with Crippen molar-refractivity contribution in [3.63, 3.8) is 0 Å². The lowest BCUT2D eigenvalue weighted by Gasteiger charge is -2.08. The lowest BCUT2D eigenvalue weighted by atomic mass is 10.3. The Morgan fingerprint density at radius 3 is 2.79 bits per heavy atom. The van der Waals surface area contributed by atoms with Crippen molar-refractivity contribution in [2.75, 3.05) is 19.7 Å². The largest absolute Gasteiger partial charge is 0.394 e. The quantitative estimate of drug-likeness (QED) is 0.409. The van der Waals surface area contributed by atoms with Gasteiger partial charge in [-0.2, -0.15) is 0 Å². The van der Waals surface area contributed by atoms with E-state index < -0.39 is 6.10 Å². The SMILES string of the molecule is O=C(CCNC1CC1)NCC(O)CO. The predicted octanol–water partition coefficient (Wildman–Crippen LogP) is -1.40. The first-order valence-electron chi connectivity index (χ1n) is 5.01. The molecular weight excluding hydrogens is 184 g/mol. The van der Waals surface area contributed by atoms with Crippen LogP contribution in [0.25, 0.3) is 0 Å². The fraction of sp³-hybridized carbons (Fsp3) is 0.889. The minimum Gasteiger partial charge on any atom is -0.394 e. The van der Waals surface area contributed by atoms with Gasteiger partial charge in [-0.15, -0.1) is 0 Å². The number of aliphatic hydroxyl groups excluding tert-OH is 2. The van der Waals surface area contributed by atoms with Gasteiger partial charge in [-0.3, -0.25) is 4.79 Å². The maximum Gasteiger partial charge on any atom is 0.221 e. The second-order valence-corrected chi connectivity index (χ2v) is 3.62. The second-order valence-electron chi connectivity index (χ2n) is 3.62. The molecule has 5 nitrogen and oxygen atoms in total. The Morgan fingerprint density at radius 1 is 1.50 bits per heavy atom. The van der Waals surface area contributed by atoms with Crippen LogP contribution in [-0.4, -0.2) is 48.0 Å². The maximum atomic E-state index is 11.1. The molecule has 0 heterocycles. The zero-order chi connectivity index (χ0) is 10.4. The summed E-state index contributed by atoms with van der Waals surface area (Å²) in [5.41, 5.74) is 0. The molecule has 1 aliphatic carbocycles. The van der Waals surface area contributed by atoms with Gasteiger partial charge in [0.25, 0.3) is 0 Å². The van der Waals surface area contributed by atoms with E-state index in [1.165, 1.54) is 12.8 Å². The highest BCUT2D eigenvalue weighted by Gasteiger charge is 2.20. The minimum absolute atomic E-state index is 0.0920. The van der Waals surface area contributed by atoms with Gasteiger partial charge >= 0.3 is 0 Å². The predicted molar refractivity (Wildman–Crippen MR) is 51.7 cm³/mol. The fourth-order valence-electron chi connectivity index (χ4n) is 1.06. The van der Waals surface area contributed by atoms with Gasteiger partial charge in [0.2, 0.25) is 5.91 Å².